The van der Waals surface area contributed by atoms with Gasteiger partial charge in [0.15, 0.2) is 5.78 Å². The van der Waals surface area contributed by atoms with Gasteiger partial charge in [0.1, 0.15) is 0 Å². The van der Waals surface area contributed by atoms with E-state index >= 15 is 0 Å². The number of ketones is 1. The number of carbonyl (C=O) groups excluding carboxylic acids is 1. The Hall–Kier alpha value is -1.04. The fourth-order valence-electron chi connectivity index (χ4n) is 2.41. The van der Waals surface area contributed by atoms with Crippen LogP contribution >= 0.6 is 34.3 Å². The van der Waals surface area contributed by atoms with Gasteiger partial charge in [-0.15, -0.1) is 22.7 Å². The van der Waals surface area contributed by atoms with Gasteiger partial charge < -0.3 is 11.1 Å². The Morgan fingerprint density at radius 2 is 2.19 bits per heavy atom. The molecule has 0 unspecified atom stereocenters. The molecular formula is C15H17ClN2OS2. The van der Waals surface area contributed by atoms with Crippen LogP contribution in [0.25, 0.3) is 0 Å². The number of rotatable bonds is 6. The van der Waals surface area contributed by atoms with Crippen molar-refractivity contribution in [1.29, 1.82) is 0 Å². The zero-order chi connectivity index (χ0) is 15.0. The smallest absolute Gasteiger partial charge is 0.171 e. The minimum Gasteiger partial charge on any atom is -0.397 e. The molecule has 3 rings (SSSR count). The van der Waals surface area contributed by atoms with Crippen LogP contribution in [0.2, 0.25) is 4.34 Å². The van der Waals surface area contributed by atoms with Gasteiger partial charge >= 0.3 is 0 Å². The van der Waals surface area contributed by atoms with Gasteiger partial charge in [-0.3, -0.25) is 4.79 Å². The molecule has 0 atom stereocenters. The van der Waals surface area contributed by atoms with Gasteiger partial charge in [-0.1, -0.05) is 11.6 Å². The van der Waals surface area contributed by atoms with Crippen LogP contribution in [0.15, 0.2) is 12.1 Å². The van der Waals surface area contributed by atoms with Gasteiger partial charge in [0, 0.05) is 23.9 Å². The second-order valence-electron chi connectivity index (χ2n) is 5.30. The Morgan fingerprint density at radius 1 is 1.43 bits per heavy atom. The van der Waals surface area contributed by atoms with Crippen molar-refractivity contribution in [2.75, 3.05) is 17.6 Å². The first-order chi connectivity index (χ1) is 10.1. The number of anilines is 2. The van der Waals surface area contributed by atoms with Gasteiger partial charge in [0.05, 0.1) is 19.9 Å². The molecule has 0 aliphatic heterocycles. The summed E-state index contributed by atoms with van der Waals surface area (Å²) in [5.41, 5.74) is 8.02. The molecule has 2 aromatic heterocycles. The maximum Gasteiger partial charge on any atom is 0.171 e. The number of halogens is 1. The highest BCUT2D eigenvalue weighted by molar-refractivity contribution is 7.19. The molecule has 3 N–H and O–H groups in total. The lowest BCUT2D eigenvalue weighted by Crippen LogP contribution is -2.04. The number of nitrogens with one attached hydrogen (secondary N) is 1. The third-order valence-electron chi connectivity index (χ3n) is 3.57. The number of carbonyl (C=O) groups is 1. The molecule has 21 heavy (non-hydrogen) atoms. The van der Waals surface area contributed by atoms with Crippen LogP contribution in [0, 0.1) is 0 Å². The van der Waals surface area contributed by atoms with Gasteiger partial charge in [-0.05, 0) is 37.3 Å². The Morgan fingerprint density at radius 3 is 2.76 bits per heavy atom. The number of nitrogens with two attached hydrogens (primary N) is 1. The molecule has 0 radical (unpaired) electrons. The van der Waals surface area contributed by atoms with Crippen LogP contribution in [-0.4, -0.2) is 12.3 Å². The molecule has 0 spiro atoms. The maximum atomic E-state index is 11.7. The van der Waals surface area contributed by atoms with Crippen molar-refractivity contribution in [3.8, 4) is 0 Å². The fourth-order valence-corrected chi connectivity index (χ4v) is 4.63. The average molecular weight is 341 g/mol. The van der Waals surface area contributed by atoms with Crippen LogP contribution in [0.3, 0.4) is 0 Å². The lowest BCUT2D eigenvalue weighted by atomic mass is 10.1. The van der Waals surface area contributed by atoms with Gasteiger partial charge in [-0.25, -0.2) is 0 Å². The number of hydrogen-bond acceptors (Lipinski definition) is 5. The van der Waals surface area contributed by atoms with Crippen molar-refractivity contribution < 1.29 is 4.79 Å². The first-order valence-corrected chi connectivity index (χ1v) is 8.98. The van der Waals surface area contributed by atoms with Gasteiger partial charge in [0.25, 0.3) is 0 Å². The summed E-state index contributed by atoms with van der Waals surface area (Å²) in [6, 6.07) is 3.98. The summed E-state index contributed by atoms with van der Waals surface area (Å²) in [6.45, 7) is 2.41. The summed E-state index contributed by atoms with van der Waals surface area (Å²) < 4.78 is 0.822. The summed E-state index contributed by atoms with van der Waals surface area (Å²) >= 11 is 9.04. The molecule has 2 heterocycles. The molecule has 112 valence electrons. The van der Waals surface area contributed by atoms with E-state index in [0.717, 1.165) is 27.9 Å². The number of thiophene rings is 2. The van der Waals surface area contributed by atoms with Crippen molar-refractivity contribution in [3.63, 3.8) is 0 Å². The third-order valence-corrected chi connectivity index (χ3v) is 6.15. The number of Topliss-reactive ketones (excluding diaryl/α,β-unsaturated/α-hetero) is 1. The highest BCUT2D eigenvalue weighted by Crippen LogP contribution is 2.50. The maximum absolute atomic E-state index is 11.7. The van der Waals surface area contributed by atoms with E-state index in [-0.39, 0.29) is 5.78 Å². The molecule has 1 aliphatic carbocycles. The van der Waals surface area contributed by atoms with Crippen LogP contribution in [0.5, 0.6) is 0 Å². The highest BCUT2D eigenvalue weighted by Gasteiger charge is 2.32. The topological polar surface area (TPSA) is 55.1 Å². The molecule has 0 amide bonds. The lowest BCUT2D eigenvalue weighted by molar-refractivity contribution is 0.102. The Bertz CT molecular complexity index is 673. The second-order valence-corrected chi connectivity index (χ2v) is 8.12. The molecule has 3 nitrogen and oxygen atoms in total. The minimum atomic E-state index is 0.0532. The van der Waals surface area contributed by atoms with Crippen molar-refractivity contribution in [2.24, 2.45) is 0 Å². The van der Waals surface area contributed by atoms with Crippen LogP contribution in [0.1, 0.15) is 45.8 Å². The molecule has 1 aliphatic rings. The first kappa shape index (κ1) is 14.9. The quantitative estimate of drug-likeness (QED) is 0.744. The average Bonchev–Trinajstić information content (AvgIpc) is 3.09. The van der Waals surface area contributed by atoms with Crippen molar-refractivity contribution >= 4 is 50.7 Å². The molecular weight excluding hydrogens is 324 g/mol. The third kappa shape index (κ3) is 3.25. The van der Waals surface area contributed by atoms with Crippen LogP contribution in [-0.2, 0) is 6.42 Å². The van der Waals surface area contributed by atoms with E-state index in [0.29, 0.717) is 16.5 Å². The molecule has 0 bridgehead atoms. The van der Waals surface area contributed by atoms with Crippen LogP contribution < -0.4 is 11.1 Å². The Labute approximate surface area is 137 Å². The largest absolute Gasteiger partial charge is 0.397 e. The Kier molecular flexibility index (Phi) is 4.24. The van der Waals surface area contributed by atoms with Gasteiger partial charge in [-0.2, -0.15) is 0 Å². The van der Waals surface area contributed by atoms with E-state index in [1.165, 1.54) is 29.1 Å². The monoisotopic (exact) mass is 340 g/mol. The van der Waals surface area contributed by atoms with E-state index in [1.54, 1.807) is 18.3 Å². The molecule has 1 saturated carbocycles. The number of hydrogen-bond donors (Lipinski definition) is 2. The molecule has 2 aromatic rings. The summed E-state index contributed by atoms with van der Waals surface area (Å²) in [5, 5.41) is 4.53. The summed E-state index contributed by atoms with van der Waals surface area (Å²) in [7, 11) is 0. The number of nitrogen functional groups attached to an aromatic ring is 1. The molecule has 0 saturated heterocycles. The molecule has 0 aromatic carbocycles. The van der Waals surface area contributed by atoms with Crippen molar-refractivity contribution in [3.05, 3.63) is 31.8 Å². The van der Waals surface area contributed by atoms with Crippen molar-refractivity contribution in [2.45, 2.75) is 32.1 Å². The van der Waals surface area contributed by atoms with E-state index < -0.39 is 0 Å². The molecule has 6 heteroatoms. The SMILES string of the molecule is CC(=O)c1sc(NCCc2ccc(Cl)s2)c(C2CC2)c1N. The predicted molar refractivity (Wildman–Crippen MR) is 92.2 cm³/mol. The zero-order valence-corrected chi connectivity index (χ0v) is 14.1. The second kappa shape index (κ2) is 5.99. The van der Waals surface area contributed by atoms with E-state index in [9.17, 15) is 4.79 Å². The normalized spacial score (nSPS) is 14.4. The molecule has 1 fully saturated rings. The van der Waals surface area contributed by atoms with E-state index in [4.69, 9.17) is 17.3 Å². The lowest BCUT2D eigenvalue weighted by Gasteiger charge is -2.06. The summed E-state index contributed by atoms with van der Waals surface area (Å²) in [6.07, 6.45) is 3.27. The standard InChI is InChI=1S/C15H17ClN2OS2/c1-8(19)14-13(17)12(9-2-3-9)15(21-14)18-7-6-10-4-5-11(16)20-10/h4-5,9,18H,2-3,6-7,17H2,1H3. The van der Waals surface area contributed by atoms with Gasteiger partial charge in [0.2, 0.25) is 0 Å². The highest BCUT2D eigenvalue weighted by atomic mass is 35.5. The first-order valence-electron chi connectivity index (χ1n) is 6.97. The Balaban J connectivity index is 1.72. The van der Waals surface area contributed by atoms with E-state index in [1.807, 2.05) is 6.07 Å². The fraction of sp³-hybridized carbons (Fsp3) is 0.400. The summed E-state index contributed by atoms with van der Waals surface area (Å²) in [5.74, 6) is 0.588. The van der Waals surface area contributed by atoms with E-state index in [2.05, 4.69) is 11.4 Å². The minimum absolute atomic E-state index is 0.0532. The van der Waals surface area contributed by atoms with Crippen LogP contribution in [0.4, 0.5) is 10.7 Å². The van der Waals surface area contributed by atoms with Crippen molar-refractivity contribution in [1.82, 2.24) is 0 Å². The summed E-state index contributed by atoms with van der Waals surface area (Å²) in [4.78, 5) is 13.6. The zero-order valence-electron chi connectivity index (χ0n) is 11.7. The predicted octanol–water partition coefficient (Wildman–Crippen LogP) is 4.78.